The van der Waals surface area contributed by atoms with E-state index in [4.69, 9.17) is 0 Å². The third kappa shape index (κ3) is 2.41. The van der Waals surface area contributed by atoms with Crippen LogP contribution in [0.4, 0.5) is 0 Å². The van der Waals surface area contributed by atoms with Crippen LogP contribution in [0.1, 0.15) is 19.0 Å². The molecule has 1 N–H and O–H groups in total. The molecular weight excluding hydrogens is 144 g/mol. The molecular formula is C7H10N2O2. The first-order chi connectivity index (χ1) is 5.33. The molecule has 1 rings (SSSR count). The number of carbonyl (C=O) groups is 1. The Labute approximate surface area is 64.6 Å². The molecule has 0 aliphatic rings. The quantitative estimate of drug-likeness (QED) is 0.697. The number of aromatic nitrogens is 1. The van der Waals surface area contributed by atoms with Crippen molar-refractivity contribution in [2.24, 2.45) is 0 Å². The molecule has 0 saturated heterocycles. The summed E-state index contributed by atoms with van der Waals surface area (Å²) in [7, 11) is 0. The van der Waals surface area contributed by atoms with Crippen LogP contribution >= 0.6 is 0 Å². The summed E-state index contributed by atoms with van der Waals surface area (Å²) in [6.07, 6.45) is 1.98. The van der Waals surface area contributed by atoms with Crippen LogP contribution in [0.3, 0.4) is 0 Å². The molecule has 0 bridgehead atoms. The molecule has 4 nitrogen and oxygen atoms in total. The maximum Gasteiger partial charge on any atom is 0.220 e. The Bertz CT molecular complexity index is 218. The maximum atomic E-state index is 10.7. The minimum absolute atomic E-state index is 0.0213. The number of nitrogens with one attached hydrogen (secondary N) is 1. The lowest BCUT2D eigenvalue weighted by Gasteiger charge is -1.97. The fraction of sp³-hybridized carbons (Fsp3) is 0.429. The van der Waals surface area contributed by atoms with Crippen molar-refractivity contribution in [3.63, 3.8) is 0 Å². The van der Waals surface area contributed by atoms with Crippen LogP contribution in [-0.4, -0.2) is 11.1 Å². The lowest BCUT2D eigenvalue weighted by molar-refractivity contribution is -0.120. The zero-order chi connectivity index (χ0) is 8.10. The molecule has 1 aromatic heterocycles. The number of hydrogen-bond acceptors (Lipinski definition) is 3. The standard InChI is InChI=1S/C7H10N2O2/c1-2-7(10)8-5-6-3-4-11-9-6/h3-4H,2,5H2,1H3,(H,8,10). The van der Waals surface area contributed by atoms with Gasteiger partial charge >= 0.3 is 0 Å². The summed E-state index contributed by atoms with van der Waals surface area (Å²) in [5, 5.41) is 6.31. The van der Waals surface area contributed by atoms with Gasteiger partial charge in [0.05, 0.1) is 6.54 Å². The number of rotatable bonds is 3. The first-order valence-electron chi connectivity index (χ1n) is 3.49. The zero-order valence-corrected chi connectivity index (χ0v) is 6.33. The lowest BCUT2D eigenvalue weighted by Crippen LogP contribution is -2.21. The van der Waals surface area contributed by atoms with Crippen molar-refractivity contribution in [1.82, 2.24) is 10.5 Å². The smallest absolute Gasteiger partial charge is 0.220 e. The first kappa shape index (κ1) is 7.78. The average molecular weight is 154 g/mol. The van der Waals surface area contributed by atoms with Gasteiger partial charge < -0.3 is 9.84 Å². The number of amides is 1. The van der Waals surface area contributed by atoms with Gasteiger partial charge in [-0.15, -0.1) is 0 Å². The molecule has 1 heterocycles. The number of nitrogens with zero attached hydrogens (tertiary/aromatic N) is 1. The number of carbonyl (C=O) groups excluding carboxylic acids is 1. The summed E-state index contributed by atoms with van der Waals surface area (Å²) in [4.78, 5) is 10.7. The minimum atomic E-state index is 0.0213. The van der Waals surface area contributed by atoms with Gasteiger partial charge in [0.15, 0.2) is 0 Å². The second-order valence-electron chi connectivity index (χ2n) is 2.12. The van der Waals surface area contributed by atoms with Crippen molar-refractivity contribution in [3.05, 3.63) is 18.0 Å². The van der Waals surface area contributed by atoms with Gasteiger partial charge in [0.25, 0.3) is 0 Å². The fourth-order valence-corrected chi connectivity index (χ4v) is 0.643. The molecule has 0 saturated carbocycles. The fourth-order valence-electron chi connectivity index (χ4n) is 0.643. The molecule has 0 fully saturated rings. The van der Waals surface area contributed by atoms with Crippen LogP contribution in [0.15, 0.2) is 16.9 Å². The summed E-state index contributed by atoms with van der Waals surface area (Å²) in [6.45, 7) is 2.25. The van der Waals surface area contributed by atoms with Gasteiger partial charge in [-0.1, -0.05) is 12.1 Å². The molecule has 0 unspecified atom stereocenters. The molecule has 1 aromatic rings. The van der Waals surface area contributed by atoms with Crippen molar-refractivity contribution in [2.45, 2.75) is 19.9 Å². The van der Waals surface area contributed by atoms with E-state index < -0.39 is 0 Å². The van der Waals surface area contributed by atoms with E-state index in [0.717, 1.165) is 5.69 Å². The highest BCUT2D eigenvalue weighted by Gasteiger charge is 1.98. The van der Waals surface area contributed by atoms with Crippen LogP contribution in [-0.2, 0) is 11.3 Å². The van der Waals surface area contributed by atoms with Gasteiger partial charge in [-0.05, 0) is 0 Å². The monoisotopic (exact) mass is 154 g/mol. The molecule has 0 spiro atoms. The molecule has 0 aromatic carbocycles. The van der Waals surface area contributed by atoms with Crippen molar-refractivity contribution in [3.8, 4) is 0 Å². The van der Waals surface area contributed by atoms with Crippen LogP contribution in [0.5, 0.6) is 0 Å². The Morgan fingerprint density at radius 2 is 2.64 bits per heavy atom. The maximum absolute atomic E-state index is 10.7. The summed E-state index contributed by atoms with van der Waals surface area (Å²) in [6, 6.07) is 1.72. The van der Waals surface area contributed by atoms with Crippen LogP contribution in [0.25, 0.3) is 0 Å². The molecule has 0 radical (unpaired) electrons. The van der Waals surface area contributed by atoms with Gasteiger partial charge in [0.1, 0.15) is 12.0 Å². The van der Waals surface area contributed by atoms with Gasteiger partial charge in [-0.2, -0.15) is 0 Å². The zero-order valence-electron chi connectivity index (χ0n) is 6.33. The van der Waals surface area contributed by atoms with E-state index in [9.17, 15) is 4.79 Å². The predicted molar refractivity (Wildman–Crippen MR) is 38.6 cm³/mol. The lowest BCUT2D eigenvalue weighted by atomic mass is 10.4. The average Bonchev–Trinajstić information content (AvgIpc) is 2.52. The molecule has 1 amide bonds. The van der Waals surface area contributed by atoms with Gasteiger partial charge in [-0.25, -0.2) is 0 Å². The van der Waals surface area contributed by atoms with Crippen molar-refractivity contribution >= 4 is 5.91 Å². The van der Waals surface area contributed by atoms with Crippen LogP contribution in [0, 0.1) is 0 Å². The second-order valence-corrected chi connectivity index (χ2v) is 2.12. The van der Waals surface area contributed by atoms with E-state index in [1.807, 2.05) is 0 Å². The van der Waals surface area contributed by atoms with E-state index in [0.29, 0.717) is 13.0 Å². The summed E-state index contributed by atoms with van der Waals surface area (Å²) in [5.74, 6) is 0.0213. The van der Waals surface area contributed by atoms with E-state index in [1.54, 1.807) is 13.0 Å². The van der Waals surface area contributed by atoms with Crippen molar-refractivity contribution in [1.29, 1.82) is 0 Å². The van der Waals surface area contributed by atoms with E-state index in [2.05, 4.69) is 15.0 Å². The molecule has 4 heteroatoms. The number of hydrogen-bond donors (Lipinski definition) is 1. The normalized spacial score (nSPS) is 9.55. The van der Waals surface area contributed by atoms with Gasteiger partial charge in [0.2, 0.25) is 5.91 Å². The second kappa shape index (κ2) is 3.75. The molecule has 0 aliphatic heterocycles. The summed E-state index contributed by atoms with van der Waals surface area (Å²) < 4.78 is 4.58. The van der Waals surface area contributed by atoms with Crippen LogP contribution in [0.2, 0.25) is 0 Å². The first-order valence-corrected chi connectivity index (χ1v) is 3.49. The van der Waals surface area contributed by atoms with Crippen molar-refractivity contribution < 1.29 is 9.32 Å². The van der Waals surface area contributed by atoms with Gasteiger partial charge in [-0.3, -0.25) is 4.79 Å². The minimum Gasteiger partial charge on any atom is -0.364 e. The summed E-state index contributed by atoms with van der Waals surface area (Å²) >= 11 is 0. The van der Waals surface area contributed by atoms with E-state index in [1.165, 1.54) is 6.26 Å². The molecule has 0 aliphatic carbocycles. The van der Waals surface area contributed by atoms with E-state index >= 15 is 0 Å². The Hall–Kier alpha value is -1.32. The Morgan fingerprint density at radius 3 is 3.18 bits per heavy atom. The largest absolute Gasteiger partial charge is 0.364 e. The van der Waals surface area contributed by atoms with Gasteiger partial charge in [0, 0.05) is 12.5 Å². The highest BCUT2D eigenvalue weighted by atomic mass is 16.5. The van der Waals surface area contributed by atoms with E-state index in [-0.39, 0.29) is 5.91 Å². The third-order valence-electron chi connectivity index (χ3n) is 1.28. The third-order valence-corrected chi connectivity index (χ3v) is 1.28. The molecule has 11 heavy (non-hydrogen) atoms. The Morgan fingerprint density at radius 1 is 1.82 bits per heavy atom. The predicted octanol–water partition coefficient (Wildman–Crippen LogP) is 0.701. The molecule has 0 atom stereocenters. The highest BCUT2D eigenvalue weighted by molar-refractivity contribution is 5.75. The van der Waals surface area contributed by atoms with Crippen LogP contribution < -0.4 is 5.32 Å². The van der Waals surface area contributed by atoms with Crippen molar-refractivity contribution in [2.75, 3.05) is 0 Å². The topological polar surface area (TPSA) is 55.1 Å². The highest BCUT2D eigenvalue weighted by Crippen LogP contribution is 1.92. The Balaban J connectivity index is 2.29. The SMILES string of the molecule is CCC(=O)NCc1ccon1. The molecule has 60 valence electrons. The summed E-state index contributed by atoms with van der Waals surface area (Å²) in [5.41, 5.74) is 0.742. The Kier molecular flexibility index (Phi) is 2.66.